The van der Waals surface area contributed by atoms with Crippen molar-refractivity contribution in [2.24, 2.45) is 0 Å². The lowest BCUT2D eigenvalue weighted by molar-refractivity contribution is 0.382. The third-order valence-corrected chi connectivity index (χ3v) is 2.58. The lowest BCUT2D eigenvalue weighted by Gasteiger charge is -2.28. The van der Waals surface area contributed by atoms with Crippen molar-refractivity contribution in [3.63, 3.8) is 0 Å². The molecule has 0 amide bonds. The lowest BCUT2D eigenvalue weighted by Crippen LogP contribution is -2.35. The Balaban J connectivity index is 0.000000845. The van der Waals surface area contributed by atoms with Gasteiger partial charge in [0.1, 0.15) is 5.82 Å². The van der Waals surface area contributed by atoms with E-state index in [1.54, 1.807) is 6.07 Å². The van der Waals surface area contributed by atoms with E-state index in [-0.39, 0.29) is 29.3 Å². The number of benzene rings is 1. The Morgan fingerprint density at radius 1 is 1.46 bits per heavy atom. The molecule has 72 valence electrons. The third-order valence-electron chi connectivity index (χ3n) is 2.18. The van der Waals surface area contributed by atoms with Gasteiger partial charge in [0.05, 0.1) is 5.02 Å². The molecular formula is C9H10Cl2FN. The van der Waals surface area contributed by atoms with Gasteiger partial charge in [0, 0.05) is 6.04 Å². The smallest absolute Gasteiger partial charge is 0.142 e. The van der Waals surface area contributed by atoms with Gasteiger partial charge in [-0.2, -0.15) is 0 Å². The average Bonchev–Trinajstić information content (AvgIpc) is 1.95. The first-order chi connectivity index (χ1) is 5.79. The first-order valence-corrected chi connectivity index (χ1v) is 4.34. The predicted molar refractivity (Wildman–Crippen MR) is 54.0 cm³/mol. The van der Waals surface area contributed by atoms with Crippen molar-refractivity contribution >= 4 is 24.0 Å². The van der Waals surface area contributed by atoms with E-state index in [0.29, 0.717) is 0 Å². The van der Waals surface area contributed by atoms with E-state index < -0.39 is 0 Å². The summed E-state index contributed by atoms with van der Waals surface area (Å²) in [6.45, 7) is 0.998. The molecule has 0 aromatic heterocycles. The fourth-order valence-corrected chi connectivity index (χ4v) is 1.60. The van der Waals surface area contributed by atoms with E-state index >= 15 is 0 Å². The van der Waals surface area contributed by atoms with Crippen LogP contribution in [0, 0.1) is 5.82 Å². The Kier molecular flexibility index (Phi) is 3.54. The Bertz CT molecular complexity index is 300. The van der Waals surface area contributed by atoms with Gasteiger partial charge in [-0.3, -0.25) is 0 Å². The molecule has 1 aromatic carbocycles. The molecule has 0 aliphatic carbocycles. The second-order valence-corrected chi connectivity index (χ2v) is 3.32. The average molecular weight is 222 g/mol. The van der Waals surface area contributed by atoms with Gasteiger partial charge in [-0.25, -0.2) is 4.39 Å². The molecule has 1 aliphatic rings. The van der Waals surface area contributed by atoms with Gasteiger partial charge in [0.2, 0.25) is 0 Å². The number of rotatable bonds is 1. The summed E-state index contributed by atoms with van der Waals surface area (Å²) < 4.78 is 12.9. The van der Waals surface area contributed by atoms with Crippen LogP contribution in [0.3, 0.4) is 0 Å². The molecule has 1 fully saturated rings. The molecule has 1 atom stereocenters. The van der Waals surface area contributed by atoms with Crippen LogP contribution in [0.4, 0.5) is 4.39 Å². The predicted octanol–water partition coefficient (Wildman–Crippen LogP) is 2.94. The molecule has 0 saturated carbocycles. The van der Waals surface area contributed by atoms with Crippen LogP contribution in [-0.2, 0) is 0 Å². The van der Waals surface area contributed by atoms with Crippen LogP contribution in [-0.4, -0.2) is 6.54 Å². The molecule has 1 heterocycles. The molecule has 13 heavy (non-hydrogen) atoms. The highest BCUT2D eigenvalue weighted by Crippen LogP contribution is 2.30. The number of hydrogen-bond acceptors (Lipinski definition) is 1. The maximum atomic E-state index is 12.9. The molecular weight excluding hydrogens is 212 g/mol. The molecule has 1 saturated heterocycles. The Labute approximate surface area is 87.7 Å². The van der Waals surface area contributed by atoms with Crippen molar-refractivity contribution < 1.29 is 4.39 Å². The van der Waals surface area contributed by atoms with E-state index in [1.807, 2.05) is 6.07 Å². The number of nitrogens with one attached hydrogen (secondary N) is 1. The van der Waals surface area contributed by atoms with Crippen molar-refractivity contribution in [1.82, 2.24) is 5.32 Å². The van der Waals surface area contributed by atoms with E-state index in [0.717, 1.165) is 18.5 Å². The van der Waals surface area contributed by atoms with Crippen molar-refractivity contribution in [3.05, 3.63) is 34.6 Å². The largest absolute Gasteiger partial charge is 0.310 e. The Morgan fingerprint density at radius 3 is 2.69 bits per heavy atom. The Morgan fingerprint density at radius 2 is 2.15 bits per heavy atom. The summed E-state index contributed by atoms with van der Waals surface area (Å²) in [6.07, 6.45) is 1.04. The summed E-state index contributed by atoms with van der Waals surface area (Å²) >= 11 is 5.79. The summed E-state index contributed by atoms with van der Waals surface area (Å²) in [7, 11) is 0. The molecule has 0 bridgehead atoms. The summed E-state index contributed by atoms with van der Waals surface area (Å²) in [4.78, 5) is 0. The highest BCUT2D eigenvalue weighted by Gasteiger charge is 2.21. The lowest BCUT2D eigenvalue weighted by atomic mass is 9.98. The molecule has 1 N–H and O–H groups in total. The zero-order chi connectivity index (χ0) is 8.55. The number of hydrogen-bond donors (Lipinski definition) is 1. The minimum atomic E-state index is -0.331. The molecule has 2 rings (SSSR count). The monoisotopic (exact) mass is 221 g/mol. The summed E-state index contributed by atoms with van der Waals surface area (Å²) in [6, 6.07) is 5.19. The van der Waals surface area contributed by atoms with E-state index in [4.69, 9.17) is 11.6 Å². The molecule has 4 heteroatoms. The third kappa shape index (κ3) is 1.96. The van der Waals surface area contributed by atoms with E-state index in [2.05, 4.69) is 5.32 Å². The van der Waals surface area contributed by atoms with E-state index in [1.165, 1.54) is 6.07 Å². The number of halogens is 3. The van der Waals surface area contributed by atoms with Crippen LogP contribution in [0.2, 0.25) is 5.02 Å². The second kappa shape index (κ2) is 4.27. The molecule has 1 nitrogen and oxygen atoms in total. The van der Waals surface area contributed by atoms with Gasteiger partial charge in [-0.05, 0) is 24.6 Å². The van der Waals surface area contributed by atoms with Crippen molar-refractivity contribution in [2.45, 2.75) is 12.5 Å². The van der Waals surface area contributed by atoms with Gasteiger partial charge in [-0.15, -0.1) is 12.4 Å². The molecule has 0 radical (unpaired) electrons. The fourth-order valence-electron chi connectivity index (χ4n) is 1.34. The van der Waals surface area contributed by atoms with E-state index in [9.17, 15) is 4.39 Å². The maximum absolute atomic E-state index is 12.9. The second-order valence-electron chi connectivity index (χ2n) is 2.94. The minimum absolute atomic E-state index is 0. The zero-order valence-electron chi connectivity index (χ0n) is 6.89. The van der Waals surface area contributed by atoms with Gasteiger partial charge < -0.3 is 5.32 Å². The van der Waals surface area contributed by atoms with Gasteiger partial charge in [0.15, 0.2) is 0 Å². The van der Waals surface area contributed by atoms with Crippen molar-refractivity contribution in [2.75, 3.05) is 6.54 Å². The van der Waals surface area contributed by atoms with Gasteiger partial charge in [-0.1, -0.05) is 23.7 Å². The van der Waals surface area contributed by atoms with Crippen LogP contribution in [0.25, 0.3) is 0 Å². The highest BCUT2D eigenvalue weighted by molar-refractivity contribution is 6.31. The molecule has 1 aromatic rings. The summed E-state index contributed by atoms with van der Waals surface area (Å²) in [5.74, 6) is -0.331. The standard InChI is InChI=1S/C9H9ClFN.ClH/c10-9-6(8-4-5-12-8)2-1-3-7(9)11;/h1-3,8,12H,4-5H2;1H/t8-;/m0./s1. The molecule has 1 aliphatic heterocycles. The van der Waals surface area contributed by atoms with Crippen LogP contribution < -0.4 is 5.32 Å². The van der Waals surface area contributed by atoms with Gasteiger partial charge >= 0.3 is 0 Å². The SMILES string of the molecule is Cl.Fc1cccc([C@@H]2CCN2)c1Cl. The van der Waals surface area contributed by atoms with Crippen LogP contribution in [0.5, 0.6) is 0 Å². The molecule has 0 spiro atoms. The molecule has 0 unspecified atom stereocenters. The first kappa shape index (κ1) is 10.8. The minimum Gasteiger partial charge on any atom is -0.310 e. The summed E-state index contributed by atoms with van der Waals surface area (Å²) in [5, 5.41) is 3.44. The van der Waals surface area contributed by atoms with Crippen molar-refractivity contribution in [3.8, 4) is 0 Å². The highest BCUT2D eigenvalue weighted by atomic mass is 35.5. The summed E-state index contributed by atoms with van der Waals surface area (Å²) in [5.41, 5.74) is 0.878. The maximum Gasteiger partial charge on any atom is 0.142 e. The van der Waals surface area contributed by atoms with Crippen LogP contribution >= 0.6 is 24.0 Å². The topological polar surface area (TPSA) is 12.0 Å². The van der Waals surface area contributed by atoms with Crippen molar-refractivity contribution in [1.29, 1.82) is 0 Å². The quantitative estimate of drug-likeness (QED) is 0.770. The normalized spacial score (nSPS) is 20.3. The van der Waals surface area contributed by atoms with Gasteiger partial charge in [0.25, 0.3) is 0 Å². The first-order valence-electron chi connectivity index (χ1n) is 3.96. The van der Waals surface area contributed by atoms with Crippen LogP contribution in [0.1, 0.15) is 18.0 Å². The Hall–Kier alpha value is -0.310. The zero-order valence-corrected chi connectivity index (χ0v) is 8.46. The fraction of sp³-hybridized carbons (Fsp3) is 0.333. The van der Waals surface area contributed by atoms with Crippen LogP contribution in [0.15, 0.2) is 18.2 Å².